The van der Waals surface area contributed by atoms with Crippen LogP contribution in [0.5, 0.6) is 0 Å². The number of nitrogens with one attached hydrogen (secondary N) is 1. The van der Waals surface area contributed by atoms with Crippen LogP contribution in [0.15, 0.2) is 36.4 Å². The first-order valence-corrected chi connectivity index (χ1v) is 11.3. The van der Waals surface area contributed by atoms with Gasteiger partial charge in [-0.05, 0) is 49.1 Å². The minimum atomic E-state index is -3.68. The Bertz CT molecular complexity index is 1000. The van der Waals surface area contributed by atoms with Gasteiger partial charge < -0.3 is 5.32 Å². The van der Waals surface area contributed by atoms with Crippen LogP contribution in [0.1, 0.15) is 27.8 Å². The van der Waals surface area contributed by atoms with E-state index in [9.17, 15) is 13.2 Å². The van der Waals surface area contributed by atoms with Gasteiger partial charge >= 0.3 is 0 Å². The van der Waals surface area contributed by atoms with Gasteiger partial charge in [-0.3, -0.25) is 4.79 Å². The molecule has 1 aliphatic rings. The minimum absolute atomic E-state index is 0.199. The van der Waals surface area contributed by atoms with Gasteiger partial charge in [-0.25, -0.2) is 0 Å². The van der Waals surface area contributed by atoms with Crippen LogP contribution in [0.3, 0.4) is 0 Å². The number of rotatable bonds is 6. The molecule has 1 fully saturated rings. The highest BCUT2D eigenvalue weighted by Gasteiger charge is 2.37. The second kappa shape index (κ2) is 8.83. The SMILES string of the molecule is Cc1cc(C)c(CN2CCN(CC(=O)NCc3ccccc3Cl)S2(=O)=O)c(C)c1. The van der Waals surface area contributed by atoms with Crippen molar-refractivity contribution in [2.24, 2.45) is 0 Å². The molecule has 8 heteroatoms. The third-order valence-electron chi connectivity index (χ3n) is 5.18. The Hall–Kier alpha value is -1.93. The first-order valence-electron chi connectivity index (χ1n) is 9.50. The first-order chi connectivity index (χ1) is 13.7. The van der Waals surface area contributed by atoms with Crippen molar-refractivity contribution in [3.8, 4) is 0 Å². The van der Waals surface area contributed by atoms with Crippen molar-refractivity contribution < 1.29 is 13.2 Å². The van der Waals surface area contributed by atoms with E-state index in [1.165, 1.54) is 8.61 Å². The Labute approximate surface area is 177 Å². The Morgan fingerprint density at radius 3 is 2.34 bits per heavy atom. The van der Waals surface area contributed by atoms with E-state index in [0.29, 0.717) is 24.7 Å². The Morgan fingerprint density at radius 1 is 1.07 bits per heavy atom. The molecule has 0 spiro atoms. The molecule has 1 heterocycles. The lowest BCUT2D eigenvalue weighted by molar-refractivity contribution is -0.121. The largest absolute Gasteiger partial charge is 0.351 e. The molecular weight excluding hydrogens is 410 g/mol. The van der Waals surface area contributed by atoms with Gasteiger partial charge in [0.2, 0.25) is 5.91 Å². The molecule has 1 aliphatic heterocycles. The molecule has 1 saturated heterocycles. The van der Waals surface area contributed by atoms with Crippen molar-refractivity contribution >= 4 is 27.7 Å². The van der Waals surface area contributed by atoms with Gasteiger partial charge in [0.15, 0.2) is 0 Å². The summed E-state index contributed by atoms with van der Waals surface area (Å²) in [5.74, 6) is -0.349. The number of carbonyl (C=O) groups excluding carboxylic acids is 1. The van der Waals surface area contributed by atoms with Crippen LogP contribution in [0.25, 0.3) is 0 Å². The molecule has 1 amide bonds. The number of hydrogen-bond donors (Lipinski definition) is 1. The summed E-state index contributed by atoms with van der Waals surface area (Å²) < 4.78 is 28.5. The van der Waals surface area contributed by atoms with Crippen molar-refractivity contribution in [3.05, 3.63) is 69.2 Å². The van der Waals surface area contributed by atoms with Crippen molar-refractivity contribution in [2.45, 2.75) is 33.9 Å². The summed E-state index contributed by atoms with van der Waals surface area (Å²) in [6.07, 6.45) is 0. The molecule has 0 bridgehead atoms. The van der Waals surface area contributed by atoms with Crippen LogP contribution >= 0.6 is 11.6 Å². The molecule has 1 N–H and O–H groups in total. The number of benzene rings is 2. The third-order valence-corrected chi connectivity index (χ3v) is 7.48. The van der Waals surface area contributed by atoms with E-state index in [1.54, 1.807) is 6.07 Å². The van der Waals surface area contributed by atoms with E-state index in [0.717, 1.165) is 27.8 Å². The molecule has 6 nitrogen and oxygen atoms in total. The van der Waals surface area contributed by atoms with Gasteiger partial charge in [0.1, 0.15) is 0 Å². The topological polar surface area (TPSA) is 69.7 Å². The molecular formula is C21H26ClN3O3S. The standard InChI is InChI=1S/C21H26ClN3O3S/c1-15-10-16(2)19(17(3)11-15)13-24-8-9-25(29(24,27)28)14-21(26)23-12-18-6-4-5-7-20(18)22/h4-7,10-11H,8-9,12-14H2,1-3H3,(H,23,26). The highest BCUT2D eigenvalue weighted by molar-refractivity contribution is 7.87. The summed E-state index contributed by atoms with van der Waals surface area (Å²) >= 11 is 6.09. The molecule has 0 aliphatic carbocycles. The van der Waals surface area contributed by atoms with E-state index < -0.39 is 10.2 Å². The first kappa shape index (κ1) is 21.8. The Morgan fingerprint density at radius 2 is 1.69 bits per heavy atom. The van der Waals surface area contributed by atoms with Crippen molar-refractivity contribution in [2.75, 3.05) is 19.6 Å². The lowest BCUT2D eigenvalue weighted by Crippen LogP contribution is -2.40. The van der Waals surface area contributed by atoms with E-state index in [4.69, 9.17) is 11.6 Å². The zero-order valence-electron chi connectivity index (χ0n) is 16.9. The summed E-state index contributed by atoms with van der Waals surface area (Å²) in [5, 5.41) is 3.31. The molecule has 29 heavy (non-hydrogen) atoms. The third kappa shape index (κ3) is 4.98. The average molecular weight is 436 g/mol. The molecule has 0 atom stereocenters. The maximum atomic E-state index is 12.9. The summed E-state index contributed by atoms with van der Waals surface area (Å²) in [5.41, 5.74) is 5.12. The quantitative estimate of drug-likeness (QED) is 0.758. The van der Waals surface area contributed by atoms with Crippen molar-refractivity contribution in [1.82, 2.24) is 13.9 Å². The zero-order chi connectivity index (χ0) is 21.2. The van der Waals surface area contributed by atoms with Crippen LogP contribution in [0, 0.1) is 20.8 Å². The minimum Gasteiger partial charge on any atom is -0.351 e. The summed E-state index contributed by atoms with van der Waals surface area (Å²) in [4.78, 5) is 12.3. The van der Waals surface area contributed by atoms with Crippen LogP contribution in [0.2, 0.25) is 5.02 Å². The summed E-state index contributed by atoms with van der Waals surface area (Å²) in [6.45, 7) is 7.07. The van der Waals surface area contributed by atoms with E-state index in [-0.39, 0.29) is 19.0 Å². The fourth-order valence-electron chi connectivity index (χ4n) is 3.63. The molecule has 0 saturated carbocycles. The zero-order valence-corrected chi connectivity index (χ0v) is 18.5. The van der Waals surface area contributed by atoms with E-state index in [1.807, 2.05) is 39.0 Å². The number of amides is 1. The number of nitrogens with zero attached hydrogens (tertiary/aromatic N) is 2. The van der Waals surface area contributed by atoms with Gasteiger partial charge in [0, 0.05) is 31.2 Å². The summed E-state index contributed by atoms with van der Waals surface area (Å²) in [7, 11) is -3.68. The van der Waals surface area contributed by atoms with Gasteiger partial charge in [-0.15, -0.1) is 0 Å². The fraction of sp³-hybridized carbons (Fsp3) is 0.381. The maximum Gasteiger partial charge on any atom is 0.282 e. The van der Waals surface area contributed by atoms with Crippen molar-refractivity contribution in [3.63, 3.8) is 0 Å². The lowest BCUT2D eigenvalue weighted by atomic mass is 10.00. The predicted molar refractivity (Wildman–Crippen MR) is 115 cm³/mol. The smallest absolute Gasteiger partial charge is 0.282 e. The number of aryl methyl sites for hydroxylation is 3. The normalized spacial score (nSPS) is 16.8. The molecule has 0 radical (unpaired) electrons. The monoisotopic (exact) mass is 435 g/mol. The van der Waals surface area contributed by atoms with Gasteiger partial charge in [-0.1, -0.05) is 47.5 Å². The van der Waals surface area contributed by atoms with Gasteiger partial charge in [0.25, 0.3) is 10.2 Å². The number of hydrogen-bond acceptors (Lipinski definition) is 3. The van der Waals surface area contributed by atoms with Crippen LogP contribution in [-0.4, -0.2) is 42.6 Å². The van der Waals surface area contributed by atoms with Crippen LogP contribution in [-0.2, 0) is 28.1 Å². The van der Waals surface area contributed by atoms with Crippen LogP contribution < -0.4 is 5.32 Å². The molecule has 3 rings (SSSR count). The van der Waals surface area contributed by atoms with Crippen molar-refractivity contribution in [1.29, 1.82) is 0 Å². The lowest BCUT2D eigenvalue weighted by Gasteiger charge is -2.20. The second-order valence-corrected chi connectivity index (χ2v) is 9.76. The fourth-order valence-corrected chi connectivity index (χ4v) is 5.35. The average Bonchev–Trinajstić information content (AvgIpc) is 2.91. The highest BCUT2D eigenvalue weighted by atomic mass is 35.5. The molecule has 2 aromatic rings. The Balaban J connectivity index is 1.63. The maximum absolute atomic E-state index is 12.9. The molecule has 2 aromatic carbocycles. The predicted octanol–water partition coefficient (Wildman–Crippen LogP) is 2.94. The molecule has 0 aromatic heterocycles. The molecule has 0 unspecified atom stereocenters. The van der Waals surface area contributed by atoms with Gasteiger partial charge in [-0.2, -0.15) is 17.0 Å². The number of carbonyl (C=O) groups is 1. The number of halogens is 1. The van der Waals surface area contributed by atoms with Crippen LogP contribution in [0.4, 0.5) is 0 Å². The van der Waals surface area contributed by atoms with E-state index >= 15 is 0 Å². The summed E-state index contributed by atoms with van der Waals surface area (Å²) in [6, 6.07) is 11.3. The second-order valence-electron chi connectivity index (χ2n) is 7.42. The Kier molecular flexibility index (Phi) is 6.63. The molecule has 156 valence electrons. The van der Waals surface area contributed by atoms with Gasteiger partial charge in [0.05, 0.1) is 6.54 Å². The van der Waals surface area contributed by atoms with E-state index in [2.05, 4.69) is 17.4 Å². The highest BCUT2D eigenvalue weighted by Crippen LogP contribution is 2.24.